The molecule has 0 aliphatic carbocycles. The minimum atomic E-state index is -0.288. The smallest absolute Gasteiger partial charge is 0.280 e. The first-order valence-corrected chi connectivity index (χ1v) is 9.37. The maximum atomic E-state index is 12.0. The van der Waals surface area contributed by atoms with Crippen molar-refractivity contribution >= 4 is 40.3 Å². The lowest BCUT2D eigenvalue weighted by molar-refractivity contribution is -0.122. The zero-order valence-electron chi connectivity index (χ0n) is 14.9. The number of rotatable bonds is 3. The van der Waals surface area contributed by atoms with Crippen molar-refractivity contribution in [3.05, 3.63) is 64.6 Å². The molecule has 0 atom stereocenters. The molecule has 6 heteroatoms. The Hall–Kier alpha value is -2.15. The summed E-state index contributed by atoms with van der Waals surface area (Å²) in [5.74, 6) is 6.78. The van der Waals surface area contributed by atoms with E-state index < -0.39 is 0 Å². The molecular weight excluding hydrogens is 364 g/mol. The lowest BCUT2D eigenvalue weighted by Crippen LogP contribution is -2.34. The molecule has 26 heavy (non-hydrogen) atoms. The molecule has 134 valence electrons. The average molecular weight is 385 g/mol. The fourth-order valence-electron chi connectivity index (χ4n) is 2.46. The van der Waals surface area contributed by atoms with Gasteiger partial charge in [-0.1, -0.05) is 69.0 Å². The second-order valence-electron chi connectivity index (χ2n) is 7.00. The third-order valence-corrected chi connectivity index (χ3v) is 5.27. The number of thiocarbonyl (C=S) groups is 1. The van der Waals surface area contributed by atoms with Crippen LogP contribution in [0, 0.1) is 0 Å². The van der Waals surface area contributed by atoms with Crippen LogP contribution in [0.15, 0.2) is 53.4 Å². The molecule has 0 aromatic heterocycles. The van der Waals surface area contributed by atoms with Crippen LogP contribution >= 0.6 is 24.0 Å². The summed E-state index contributed by atoms with van der Waals surface area (Å²) in [5.41, 5.74) is 2.21. The van der Waals surface area contributed by atoms with E-state index in [4.69, 9.17) is 22.8 Å². The van der Waals surface area contributed by atoms with Gasteiger partial charge in [0.05, 0.1) is 4.91 Å². The Kier molecular flexibility index (Phi) is 5.18. The van der Waals surface area contributed by atoms with Gasteiger partial charge in [-0.05, 0) is 46.9 Å². The Morgan fingerprint density at radius 2 is 1.81 bits per heavy atom. The molecular formula is C20H20N2O2S2. The monoisotopic (exact) mass is 384 g/mol. The highest BCUT2D eigenvalue weighted by atomic mass is 32.2. The van der Waals surface area contributed by atoms with Gasteiger partial charge in [0.2, 0.25) is 0 Å². The Morgan fingerprint density at radius 1 is 1.12 bits per heavy atom. The van der Waals surface area contributed by atoms with E-state index in [1.165, 1.54) is 17.3 Å². The van der Waals surface area contributed by atoms with Gasteiger partial charge in [0.1, 0.15) is 11.5 Å². The van der Waals surface area contributed by atoms with Crippen molar-refractivity contribution in [3.8, 4) is 11.5 Å². The number of carbonyl (C=O) groups excluding carboxylic acids is 1. The summed E-state index contributed by atoms with van der Waals surface area (Å²) < 4.78 is 6.29. The lowest BCUT2D eigenvalue weighted by Gasteiger charge is -2.19. The van der Waals surface area contributed by atoms with Crippen LogP contribution in [0.25, 0.3) is 6.08 Å². The molecule has 1 fully saturated rings. The van der Waals surface area contributed by atoms with Gasteiger partial charge in [-0.15, -0.1) is 0 Å². The van der Waals surface area contributed by atoms with Crippen molar-refractivity contribution < 1.29 is 9.53 Å². The number of amides is 1. The van der Waals surface area contributed by atoms with Crippen molar-refractivity contribution in [2.24, 2.45) is 5.84 Å². The number of carbonyl (C=O) groups is 1. The fraction of sp³-hybridized carbons (Fsp3) is 0.200. The second kappa shape index (κ2) is 7.23. The zero-order valence-corrected chi connectivity index (χ0v) is 16.5. The van der Waals surface area contributed by atoms with Crippen molar-refractivity contribution in [1.82, 2.24) is 5.01 Å². The maximum Gasteiger partial charge on any atom is 0.280 e. The molecule has 1 saturated heterocycles. The molecule has 1 aliphatic heterocycles. The highest BCUT2D eigenvalue weighted by Crippen LogP contribution is 2.32. The number of nitrogens with two attached hydrogens (primary N) is 1. The van der Waals surface area contributed by atoms with Crippen LogP contribution in [0.2, 0.25) is 0 Å². The summed E-state index contributed by atoms with van der Waals surface area (Å²) in [4.78, 5) is 12.5. The molecule has 2 aromatic rings. The van der Waals surface area contributed by atoms with E-state index in [0.717, 1.165) is 16.3 Å². The first-order chi connectivity index (χ1) is 12.2. The van der Waals surface area contributed by atoms with E-state index in [0.29, 0.717) is 15.0 Å². The van der Waals surface area contributed by atoms with Crippen LogP contribution in [-0.4, -0.2) is 15.2 Å². The number of thioether (sulfide) groups is 1. The van der Waals surface area contributed by atoms with Gasteiger partial charge in [-0.3, -0.25) is 4.79 Å². The second-order valence-corrected chi connectivity index (χ2v) is 8.68. The van der Waals surface area contributed by atoms with Crippen LogP contribution in [0.5, 0.6) is 11.5 Å². The molecule has 0 spiro atoms. The normalized spacial score (nSPS) is 16.5. The largest absolute Gasteiger partial charge is 0.457 e. The van der Waals surface area contributed by atoms with E-state index >= 15 is 0 Å². The number of hydrogen-bond acceptors (Lipinski definition) is 5. The van der Waals surface area contributed by atoms with Gasteiger partial charge in [-0.25, -0.2) is 10.9 Å². The Balaban J connectivity index is 1.78. The molecule has 2 aromatic carbocycles. The number of ether oxygens (including phenoxy) is 1. The van der Waals surface area contributed by atoms with Crippen LogP contribution in [-0.2, 0) is 10.2 Å². The number of nitrogens with zero attached hydrogens (tertiary/aromatic N) is 1. The van der Waals surface area contributed by atoms with E-state index in [1.54, 1.807) is 6.08 Å². The first-order valence-electron chi connectivity index (χ1n) is 8.15. The Morgan fingerprint density at radius 3 is 2.38 bits per heavy atom. The van der Waals surface area contributed by atoms with E-state index in [2.05, 4.69) is 32.9 Å². The SMILES string of the molecule is CC(C)(C)c1ccc(Oc2cccc(/C=C3\SC(=S)N(N)C3=O)c2)cc1. The summed E-state index contributed by atoms with van der Waals surface area (Å²) in [5, 5.41) is 0.989. The average Bonchev–Trinajstić information content (AvgIpc) is 2.82. The Labute approximate surface area is 163 Å². The van der Waals surface area contributed by atoms with Crippen LogP contribution in [0.3, 0.4) is 0 Å². The number of benzene rings is 2. The minimum Gasteiger partial charge on any atom is -0.457 e. The van der Waals surface area contributed by atoms with Gasteiger partial charge in [0.15, 0.2) is 4.32 Å². The van der Waals surface area contributed by atoms with Crippen LogP contribution < -0.4 is 10.6 Å². The molecule has 1 aliphatic rings. The predicted molar refractivity (Wildman–Crippen MR) is 111 cm³/mol. The number of hydrazine groups is 1. The van der Waals surface area contributed by atoms with Gasteiger partial charge in [0.25, 0.3) is 5.91 Å². The van der Waals surface area contributed by atoms with Crippen molar-refractivity contribution in [1.29, 1.82) is 0 Å². The molecule has 0 radical (unpaired) electrons. The summed E-state index contributed by atoms with van der Waals surface area (Å²) in [6.45, 7) is 6.53. The molecule has 0 unspecified atom stereocenters. The molecule has 3 rings (SSSR count). The van der Waals surface area contributed by atoms with Crippen molar-refractivity contribution in [3.63, 3.8) is 0 Å². The highest BCUT2D eigenvalue weighted by Gasteiger charge is 2.29. The fourth-order valence-corrected chi connectivity index (χ4v) is 3.56. The van der Waals surface area contributed by atoms with E-state index in [-0.39, 0.29) is 11.3 Å². The van der Waals surface area contributed by atoms with Gasteiger partial charge in [-0.2, -0.15) is 0 Å². The van der Waals surface area contributed by atoms with E-state index in [1.807, 2.05) is 36.4 Å². The minimum absolute atomic E-state index is 0.105. The van der Waals surface area contributed by atoms with Gasteiger partial charge in [0, 0.05) is 0 Å². The summed E-state index contributed by atoms with van der Waals surface area (Å²) in [7, 11) is 0. The number of hydrogen-bond donors (Lipinski definition) is 1. The van der Waals surface area contributed by atoms with Crippen molar-refractivity contribution in [2.75, 3.05) is 0 Å². The Bertz CT molecular complexity index is 883. The zero-order chi connectivity index (χ0) is 18.9. The first kappa shape index (κ1) is 18.6. The molecule has 0 saturated carbocycles. The standard InChI is InChI=1S/C20H20N2O2S2/c1-20(2,3)14-7-9-15(10-8-14)24-16-6-4-5-13(11-16)12-17-18(23)22(21)19(25)26-17/h4-12H,21H2,1-3H3/b17-12-. The maximum absolute atomic E-state index is 12.0. The van der Waals surface area contributed by atoms with E-state index in [9.17, 15) is 4.79 Å². The van der Waals surface area contributed by atoms with Crippen LogP contribution in [0.1, 0.15) is 31.9 Å². The predicted octanol–water partition coefficient (Wildman–Crippen LogP) is 4.85. The third-order valence-electron chi connectivity index (χ3n) is 3.94. The molecule has 2 N–H and O–H groups in total. The molecule has 0 bridgehead atoms. The third kappa shape index (κ3) is 4.15. The summed E-state index contributed by atoms with van der Waals surface area (Å²) in [6.07, 6.45) is 1.77. The lowest BCUT2D eigenvalue weighted by atomic mass is 9.87. The summed E-state index contributed by atoms with van der Waals surface area (Å²) >= 11 is 6.23. The summed E-state index contributed by atoms with van der Waals surface area (Å²) in [6, 6.07) is 15.6. The van der Waals surface area contributed by atoms with Crippen LogP contribution in [0.4, 0.5) is 0 Å². The topological polar surface area (TPSA) is 55.6 Å². The highest BCUT2D eigenvalue weighted by molar-refractivity contribution is 8.26. The van der Waals surface area contributed by atoms with Gasteiger partial charge < -0.3 is 4.74 Å². The molecule has 4 nitrogen and oxygen atoms in total. The quantitative estimate of drug-likeness (QED) is 0.355. The molecule has 1 amide bonds. The molecule has 1 heterocycles. The van der Waals surface area contributed by atoms with Crippen molar-refractivity contribution in [2.45, 2.75) is 26.2 Å². The van der Waals surface area contributed by atoms with Gasteiger partial charge >= 0.3 is 0 Å².